The number of hydrogen-bond acceptors (Lipinski definition) is 6. The van der Waals surface area contributed by atoms with Gasteiger partial charge >= 0.3 is 0 Å². The van der Waals surface area contributed by atoms with Crippen LogP contribution in [0.15, 0.2) is 78.1 Å². The summed E-state index contributed by atoms with van der Waals surface area (Å²) in [5, 5.41) is 12.3. The Morgan fingerprint density at radius 3 is 2.67 bits per heavy atom. The fourth-order valence-corrected chi connectivity index (χ4v) is 5.62. The van der Waals surface area contributed by atoms with Crippen molar-refractivity contribution in [3.05, 3.63) is 79.4 Å². The van der Waals surface area contributed by atoms with Crippen LogP contribution in [0.4, 0.5) is 5.69 Å². The van der Waals surface area contributed by atoms with Crippen LogP contribution in [0.25, 0.3) is 55.7 Å². The highest BCUT2D eigenvalue weighted by atomic mass is 16.3. The number of H-pyrrole nitrogens is 2. The van der Waals surface area contributed by atoms with Crippen LogP contribution in [-0.4, -0.2) is 30.1 Å². The number of aromatic nitrogens is 6. The van der Waals surface area contributed by atoms with Gasteiger partial charge in [0.1, 0.15) is 17.0 Å². The number of allylic oxidation sites excluding steroid dienone is 1. The molecule has 1 aromatic carbocycles. The van der Waals surface area contributed by atoms with Gasteiger partial charge in [0.05, 0.1) is 35.4 Å². The molecule has 0 aliphatic heterocycles. The van der Waals surface area contributed by atoms with Gasteiger partial charge in [-0.2, -0.15) is 5.10 Å². The van der Waals surface area contributed by atoms with E-state index in [-0.39, 0.29) is 0 Å². The number of nitrogens with one attached hydrogen (secondary N) is 3. The van der Waals surface area contributed by atoms with Crippen molar-refractivity contribution < 1.29 is 4.42 Å². The molecule has 6 aromatic rings. The Hall–Kier alpha value is -4.72. The summed E-state index contributed by atoms with van der Waals surface area (Å²) in [6.45, 7) is 6.25. The molecule has 194 valence electrons. The van der Waals surface area contributed by atoms with Crippen LogP contribution < -0.4 is 5.32 Å². The maximum absolute atomic E-state index is 5.52. The quantitative estimate of drug-likeness (QED) is 0.210. The standard InChI is InChI=1S/C31H29N7O/c1-18-10-23(17-39-18)26-15-33-16-28-29(26)36-31(35-28)30-25-12-21(8-9-27(25)37-38-30)22-11-24(14-32-13-22)34-19(2)20-6-4-3-5-7-20/h8-17,20,34H,2-7H2,1H3,(H,35,36)(H,37,38). The molecule has 1 aliphatic carbocycles. The average Bonchev–Trinajstić information content (AvgIpc) is 3.71. The second-order valence-corrected chi connectivity index (χ2v) is 10.4. The summed E-state index contributed by atoms with van der Waals surface area (Å²) < 4.78 is 5.52. The first-order chi connectivity index (χ1) is 19.1. The summed E-state index contributed by atoms with van der Waals surface area (Å²) >= 11 is 0. The smallest absolute Gasteiger partial charge is 0.159 e. The van der Waals surface area contributed by atoms with Gasteiger partial charge in [0.25, 0.3) is 0 Å². The van der Waals surface area contributed by atoms with Crippen molar-refractivity contribution in [3.8, 4) is 33.8 Å². The van der Waals surface area contributed by atoms with Crippen molar-refractivity contribution in [3.63, 3.8) is 0 Å². The van der Waals surface area contributed by atoms with Crippen molar-refractivity contribution >= 4 is 27.6 Å². The predicted molar refractivity (Wildman–Crippen MR) is 154 cm³/mol. The molecule has 0 amide bonds. The molecule has 5 heterocycles. The van der Waals surface area contributed by atoms with E-state index < -0.39 is 0 Å². The molecule has 39 heavy (non-hydrogen) atoms. The Labute approximate surface area is 225 Å². The minimum absolute atomic E-state index is 0.532. The lowest BCUT2D eigenvalue weighted by Crippen LogP contribution is -2.14. The monoisotopic (exact) mass is 515 g/mol. The molecular weight excluding hydrogens is 486 g/mol. The first-order valence-corrected chi connectivity index (χ1v) is 13.4. The van der Waals surface area contributed by atoms with Crippen LogP contribution >= 0.6 is 0 Å². The lowest BCUT2D eigenvalue weighted by atomic mass is 9.87. The molecular formula is C31H29N7O. The fraction of sp³-hybridized carbons (Fsp3) is 0.226. The van der Waals surface area contributed by atoms with E-state index in [2.05, 4.69) is 55.2 Å². The van der Waals surface area contributed by atoms with Gasteiger partial charge in [-0.25, -0.2) is 4.98 Å². The number of aromatic amines is 2. The zero-order valence-electron chi connectivity index (χ0n) is 21.8. The third-order valence-corrected chi connectivity index (χ3v) is 7.70. The summed E-state index contributed by atoms with van der Waals surface area (Å²) in [5.74, 6) is 2.06. The first kappa shape index (κ1) is 23.4. The highest BCUT2D eigenvalue weighted by Crippen LogP contribution is 2.34. The van der Waals surface area contributed by atoms with Crippen molar-refractivity contribution in [2.24, 2.45) is 5.92 Å². The van der Waals surface area contributed by atoms with Crippen molar-refractivity contribution in [1.82, 2.24) is 30.1 Å². The Kier molecular flexibility index (Phi) is 5.73. The van der Waals surface area contributed by atoms with Crippen LogP contribution in [0.1, 0.15) is 37.9 Å². The third kappa shape index (κ3) is 4.37. The fourth-order valence-electron chi connectivity index (χ4n) is 5.62. The molecule has 3 N–H and O–H groups in total. The largest absolute Gasteiger partial charge is 0.469 e. The van der Waals surface area contributed by atoms with E-state index in [1.807, 2.05) is 37.6 Å². The number of furan rings is 1. The molecule has 0 bridgehead atoms. The number of pyridine rings is 2. The van der Waals surface area contributed by atoms with Crippen molar-refractivity contribution in [1.29, 1.82) is 0 Å². The highest BCUT2D eigenvalue weighted by Gasteiger charge is 2.18. The Balaban J connectivity index is 1.22. The van der Waals surface area contributed by atoms with Crippen LogP contribution in [0, 0.1) is 12.8 Å². The molecule has 1 saturated carbocycles. The van der Waals surface area contributed by atoms with E-state index in [1.54, 1.807) is 12.5 Å². The zero-order valence-corrected chi connectivity index (χ0v) is 21.8. The summed E-state index contributed by atoms with van der Waals surface area (Å²) in [6.07, 6.45) is 15.4. The van der Waals surface area contributed by atoms with E-state index in [0.717, 1.165) is 67.0 Å². The topological polar surface area (TPSA) is 108 Å². The molecule has 5 aromatic heterocycles. The minimum Gasteiger partial charge on any atom is -0.469 e. The number of imidazole rings is 1. The number of anilines is 1. The minimum atomic E-state index is 0.532. The molecule has 1 aliphatic rings. The van der Waals surface area contributed by atoms with Gasteiger partial charge in [0.2, 0.25) is 0 Å². The molecule has 1 fully saturated rings. The molecule has 0 atom stereocenters. The van der Waals surface area contributed by atoms with E-state index in [0.29, 0.717) is 11.7 Å². The van der Waals surface area contributed by atoms with Gasteiger partial charge in [0, 0.05) is 40.2 Å². The number of hydrogen-bond donors (Lipinski definition) is 3. The Bertz CT molecular complexity index is 1820. The van der Waals surface area contributed by atoms with E-state index >= 15 is 0 Å². The first-order valence-electron chi connectivity index (χ1n) is 13.4. The Morgan fingerprint density at radius 1 is 0.949 bits per heavy atom. The van der Waals surface area contributed by atoms with E-state index in [4.69, 9.17) is 9.40 Å². The molecule has 7 rings (SSSR count). The van der Waals surface area contributed by atoms with Crippen molar-refractivity contribution in [2.75, 3.05) is 5.32 Å². The lowest BCUT2D eigenvalue weighted by molar-refractivity contribution is 0.405. The molecule has 8 nitrogen and oxygen atoms in total. The van der Waals surface area contributed by atoms with Gasteiger partial charge in [-0.05, 0) is 55.5 Å². The molecule has 0 unspecified atom stereocenters. The Morgan fingerprint density at radius 2 is 1.82 bits per heavy atom. The number of benzene rings is 1. The maximum atomic E-state index is 5.52. The van der Waals surface area contributed by atoms with Crippen LogP contribution in [-0.2, 0) is 0 Å². The van der Waals surface area contributed by atoms with E-state index in [9.17, 15) is 0 Å². The second kappa shape index (κ2) is 9.54. The van der Waals surface area contributed by atoms with Crippen LogP contribution in [0.3, 0.4) is 0 Å². The lowest BCUT2D eigenvalue weighted by Gasteiger charge is -2.24. The van der Waals surface area contributed by atoms with Gasteiger partial charge in [-0.3, -0.25) is 15.1 Å². The molecule has 0 saturated heterocycles. The predicted octanol–water partition coefficient (Wildman–Crippen LogP) is 7.64. The molecule has 8 heteroatoms. The van der Waals surface area contributed by atoms with E-state index in [1.165, 1.54) is 32.1 Å². The van der Waals surface area contributed by atoms with Gasteiger partial charge < -0.3 is 14.7 Å². The summed E-state index contributed by atoms with van der Waals surface area (Å²) in [6, 6.07) is 10.4. The summed E-state index contributed by atoms with van der Waals surface area (Å²) in [4.78, 5) is 17.3. The van der Waals surface area contributed by atoms with Crippen LogP contribution in [0.5, 0.6) is 0 Å². The highest BCUT2D eigenvalue weighted by molar-refractivity contribution is 5.98. The third-order valence-electron chi connectivity index (χ3n) is 7.70. The van der Waals surface area contributed by atoms with Crippen LogP contribution in [0.2, 0.25) is 0 Å². The zero-order chi connectivity index (χ0) is 26.3. The summed E-state index contributed by atoms with van der Waals surface area (Å²) in [7, 11) is 0. The number of fused-ring (bicyclic) bond motifs is 2. The van der Waals surface area contributed by atoms with Gasteiger partial charge in [0.15, 0.2) is 5.82 Å². The normalized spacial score (nSPS) is 14.3. The number of aryl methyl sites for hydroxylation is 1. The molecule has 0 radical (unpaired) electrons. The van der Waals surface area contributed by atoms with Crippen molar-refractivity contribution in [2.45, 2.75) is 39.0 Å². The maximum Gasteiger partial charge on any atom is 0.159 e. The second-order valence-electron chi connectivity index (χ2n) is 10.4. The summed E-state index contributed by atoms with van der Waals surface area (Å²) in [5.41, 5.74) is 9.35. The number of nitrogens with zero attached hydrogens (tertiary/aromatic N) is 4. The molecule has 0 spiro atoms. The SMILES string of the molecule is C=C(Nc1cncc(-c2ccc3[nH]nc(-c4nc5c(-c6coc(C)c6)cncc5[nH]4)c3c2)c1)C1CCCCC1. The average molecular weight is 516 g/mol. The number of rotatable bonds is 6. The van der Waals surface area contributed by atoms with Gasteiger partial charge in [-0.15, -0.1) is 0 Å². The van der Waals surface area contributed by atoms with Gasteiger partial charge in [-0.1, -0.05) is 31.9 Å².